The normalized spacial score (nSPS) is 14.6. The minimum atomic E-state index is -4.29. The molecule has 0 heterocycles. The maximum Gasteiger partial charge on any atom is 0.472 e. The van der Waals surface area contributed by atoms with Gasteiger partial charge in [-0.2, -0.15) is 0 Å². The van der Waals surface area contributed by atoms with Crippen molar-refractivity contribution in [3.63, 3.8) is 0 Å². The lowest BCUT2D eigenvalue weighted by molar-refractivity contribution is -0.123. The lowest BCUT2D eigenvalue weighted by Gasteiger charge is -2.25. The SMILES string of the molecule is CCCCCCCCCCCCCCCCCC(=O)NC(COP(=O)(O)OCCN)C(O)CCCCCCCCC. The maximum atomic E-state index is 12.6. The number of phosphoric ester groups is 1. The van der Waals surface area contributed by atoms with Crippen LogP contribution in [-0.4, -0.2) is 47.8 Å². The Morgan fingerprint density at radius 3 is 1.56 bits per heavy atom. The van der Waals surface area contributed by atoms with Crippen LogP contribution in [0.1, 0.15) is 168 Å². The number of phosphoric acid groups is 1. The molecule has 0 radical (unpaired) electrons. The van der Waals surface area contributed by atoms with Crippen molar-refractivity contribution in [2.24, 2.45) is 5.73 Å². The van der Waals surface area contributed by atoms with Crippen LogP contribution in [0.25, 0.3) is 0 Å². The minimum absolute atomic E-state index is 0.0915. The van der Waals surface area contributed by atoms with Gasteiger partial charge in [-0.25, -0.2) is 4.57 Å². The van der Waals surface area contributed by atoms with Crippen LogP contribution in [0.2, 0.25) is 0 Å². The quantitative estimate of drug-likeness (QED) is 0.0447. The third-order valence-corrected chi connectivity index (χ3v) is 8.70. The Labute approximate surface area is 252 Å². The lowest BCUT2D eigenvalue weighted by Crippen LogP contribution is -2.46. The molecule has 0 aromatic heterocycles. The van der Waals surface area contributed by atoms with E-state index in [0.29, 0.717) is 12.8 Å². The summed E-state index contributed by atoms with van der Waals surface area (Å²) < 4.78 is 21.9. The third kappa shape index (κ3) is 28.1. The summed E-state index contributed by atoms with van der Waals surface area (Å²) in [5, 5.41) is 13.6. The summed E-state index contributed by atoms with van der Waals surface area (Å²) in [7, 11) is -4.29. The van der Waals surface area contributed by atoms with Crippen LogP contribution < -0.4 is 11.1 Å². The van der Waals surface area contributed by atoms with E-state index in [9.17, 15) is 19.4 Å². The molecular formula is C32H67N2O6P. The predicted molar refractivity (Wildman–Crippen MR) is 171 cm³/mol. The molecule has 3 unspecified atom stereocenters. The summed E-state index contributed by atoms with van der Waals surface area (Å²) in [5.74, 6) is -0.164. The van der Waals surface area contributed by atoms with Crippen molar-refractivity contribution in [3.05, 3.63) is 0 Å². The van der Waals surface area contributed by atoms with Crippen molar-refractivity contribution in [2.75, 3.05) is 19.8 Å². The third-order valence-electron chi connectivity index (χ3n) is 7.71. The Balaban J connectivity index is 4.17. The summed E-state index contributed by atoms with van der Waals surface area (Å²) in [4.78, 5) is 22.4. The molecule has 5 N–H and O–H groups in total. The molecule has 0 saturated heterocycles. The molecule has 0 rings (SSSR count). The molecular weight excluding hydrogens is 539 g/mol. The number of aliphatic hydroxyl groups is 1. The van der Waals surface area contributed by atoms with Crippen LogP contribution in [-0.2, 0) is 18.4 Å². The molecule has 0 spiro atoms. The highest BCUT2D eigenvalue weighted by atomic mass is 31.2. The number of carbonyl (C=O) groups excluding carboxylic acids is 1. The number of aliphatic hydroxyl groups excluding tert-OH is 1. The average Bonchev–Trinajstić information content (AvgIpc) is 2.95. The van der Waals surface area contributed by atoms with Gasteiger partial charge in [-0.05, 0) is 12.8 Å². The van der Waals surface area contributed by atoms with E-state index in [1.54, 1.807) is 0 Å². The first-order valence-electron chi connectivity index (χ1n) is 17.2. The van der Waals surface area contributed by atoms with Gasteiger partial charge in [0, 0.05) is 13.0 Å². The minimum Gasteiger partial charge on any atom is -0.391 e. The molecule has 41 heavy (non-hydrogen) atoms. The molecule has 0 fully saturated rings. The summed E-state index contributed by atoms with van der Waals surface area (Å²) in [6.07, 6.45) is 26.9. The second-order valence-corrected chi connectivity index (χ2v) is 13.2. The predicted octanol–water partition coefficient (Wildman–Crippen LogP) is 8.33. The van der Waals surface area contributed by atoms with Crippen molar-refractivity contribution >= 4 is 13.7 Å². The summed E-state index contributed by atoms with van der Waals surface area (Å²) >= 11 is 0. The van der Waals surface area contributed by atoms with Gasteiger partial charge in [0.2, 0.25) is 5.91 Å². The van der Waals surface area contributed by atoms with Crippen LogP contribution in [0.3, 0.4) is 0 Å². The van der Waals surface area contributed by atoms with Crippen molar-refractivity contribution in [3.8, 4) is 0 Å². The molecule has 246 valence electrons. The van der Waals surface area contributed by atoms with Crippen LogP contribution >= 0.6 is 7.82 Å². The second kappa shape index (κ2) is 29.6. The summed E-state index contributed by atoms with van der Waals surface area (Å²) in [5.41, 5.74) is 5.33. The number of nitrogens with one attached hydrogen (secondary N) is 1. The van der Waals surface area contributed by atoms with E-state index in [4.69, 9.17) is 14.8 Å². The van der Waals surface area contributed by atoms with E-state index in [0.717, 1.165) is 38.5 Å². The van der Waals surface area contributed by atoms with E-state index in [1.807, 2.05) is 0 Å². The number of rotatable bonds is 32. The van der Waals surface area contributed by atoms with Crippen LogP contribution in [0.4, 0.5) is 0 Å². The number of carbonyl (C=O) groups is 1. The first-order valence-corrected chi connectivity index (χ1v) is 18.6. The van der Waals surface area contributed by atoms with Crippen molar-refractivity contribution < 1.29 is 28.4 Å². The lowest BCUT2D eigenvalue weighted by atomic mass is 10.0. The zero-order chi connectivity index (χ0) is 30.4. The molecule has 0 aliphatic rings. The molecule has 0 aromatic rings. The Morgan fingerprint density at radius 2 is 1.12 bits per heavy atom. The topological polar surface area (TPSA) is 131 Å². The van der Waals surface area contributed by atoms with E-state index >= 15 is 0 Å². The first-order chi connectivity index (χ1) is 19.9. The molecule has 0 aromatic carbocycles. The van der Waals surface area contributed by atoms with Gasteiger partial charge in [-0.1, -0.05) is 149 Å². The van der Waals surface area contributed by atoms with E-state index < -0.39 is 20.0 Å². The van der Waals surface area contributed by atoms with Gasteiger partial charge in [-0.15, -0.1) is 0 Å². The number of amides is 1. The Bertz CT molecular complexity index is 625. The highest BCUT2D eigenvalue weighted by molar-refractivity contribution is 7.47. The smallest absolute Gasteiger partial charge is 0.391 e. The molecule has 0 bridgehead atoms. The van der Waals surface area contributed by atoms with Gasteiger partial charge < -0.3 is 21.1 Å². The van der Waals surface area contributed by atoms with E-state index in [2.05, 4.69) is 19.2 Å². The van der Waals surface area contributed by atoms with E-state index in [1.165, 1.54) is 103 Å². The number of nitrogens with two attached hydrogens (primary N) is 1. The van der Waals surface area contributed by atoms with Gasteiger partial charge in [-0.3, -0.25) is 13.8 Å². The number of hydrogen-bond acceptors (Lipinski definition) is 6. The molecule has 0 aliphatic carbocycles. The number of hydrogen-bond donors (Lipinski definition) is 4. The Hall–Kier alpha value is -0.500. The second-order valence-electron chi connectivity index (χ2n) is 11.7. The van der Waals surface area contributed by atoms with Crippen molar-refractivity contribution in [1.29, 1.82) is 0 Å². The maximum absolute atomic E-state index is 12.6. The van der Waals surface area contributed by atoms with Gasteiger partial charge in [0.05, 0.1) is 25.4 Å². The molecule has 9 heteroatoms. The highest BCUT2D eigenvalue weighted by Crippen LogP contribution is 2.43. The van der Waals surface area contributed by atoms with Crippen molar-refractivity contribution in [1.82, 2.24) is 5.32 Å². The van der Waals surface area contributed by atoms with Crippen LogP contribution in [0.15, 0.2) is 0 Å². The molecule has 8 nitrogen and oxygen atoms in total. The molecule has 0 aliphatic heterocycles. The fraction of sp³-hybridized carbons (Fsp3) is 0.969. The van der Waals surface area contributed by atoms with Crippen molar-refractivity contribution in [2.45, 2.75) is 180 Å². The van der Waals surface area contributed by atoms with Gasteiger partial charge in [0.15, 0.2) is 0 Å². The zero-order valence-electron chi connectivity index (χ0n) is 26.8. The number of unbranched alkanes of at least 4 members (excludes halogenated alkanes) is 20. The largest absolute Gasteiger partial charge is 0.472 e. The first kappa shape index (κ1) is 40.5. The van der Waals surface area contributed by atoms with Gasteiger partial charge in [0.25, 0.3) is 0 Å². The fourth-order valence-electron chi connectivity index (χ4n) is 5.08. The molecule has 3 atom stereocenters. The Morgan fingerprint density at radius 1 is 0.707 bits per heavy atom. The van der Waals surface area contributed by atoms with Gasteiger partial charge in [0.1, 0.15) is 0 Å². The monoisotopic (exact) mass is 606 g/mol. The standard InChI is InChI=1S/C32H67N2O6P/c1-3-5-7-9-11-12-13-14-15-16-17-18-20-22-24-26-32(36)34-30(29-40-41(37,38)39-28-27-33)31(35)25-23-21-19-10-8-6-4-2/h30-31,35H,3-29,33H2,1-2H3,(H,34,36)(H,37,38). The van der Waals surface area contributed by atoms with Gasteiger partial charge >= 0.3 is 7.82 Å². The zero-order valence-corrected chi connectivity index (χ0v) is 27.7. The molecule has 1 amide bonds. The van der Waals surface area contributed by atoms with Crippen LogP contribution in [0, 0.1) is 0 Å². The average molecular weight is 607 g/mol. The van der Waals surface area contributed by atoms with Crippen LogP contribution in [0.5, 0.6) is 0 Å². The molecule has 0 saturated carbocycles. The summed E-state index contributed by atoms with van der Waals surface area (Å²) in [6.45, 7) is 4.15. The fourth-order valence-corrected chi connectivity index (χ4v) is 5.84. The summed E-state index contributed by atoms with van der Waals surface area (Å²) in [6, 6.07) is -0.763. The van der Waals surface area contributed by atoms with E-state index in [-0.39, 0.29) is 25.7 Å². The Kier molecular flexibility index (Phi) is 29.2. The highest BCUT2D eigenvalue weighted by Gasteiger charge is 2.27.